The summed E-state index contributed by atoms with van der Waals surface area (Å²) in [5, 5.41) is 2.97. The van der Waals surface area contributed by atoms with Crippen molar-refractivity contribution in [3.8, 4) is 0 Å². The lowest BCUT2D eigenvalue weighted by Crippen LogP contribution is -2.30. The van der Waals surface area contributed by atoms with Gasteiger partial charge in [-0.2, -0.15) is 0 Å². The van der Waals surface area contributed by atoms with Gasteiger partial charge in [0.25, 0.3) is 0 Å². The van der Waals surface area contributed by atoms with E-state index < -0.39 is 0 Å². The summed E-state index contributed by atoms with van der Waals surface area (Å²) in [5.41, 5.74) is 1.09. The number of amides is 1. The molecule has 1 N–H and O–H groups in total. The number of carbonyl (C=O) groups is 1. The Labute approximate surface area is 95.6 Å². The van der Waals surface area contributed by atoms with E-state index >= 15 is 0 Å². The Morgan fingerprint density at radius 1 is 1.38 bits per heavy atom. The van der Waals surface area contributed by atoms with Crippen molar-refractivity contribution in [2.45, 2.75) is 25.8 Å². The SMILES string of the molecule is O=C(NCc1ccncc1)[C@@H]1CC=CCC1. The summed E-state index contributed by atoms with van der Waals surface area (Å²) in [6, 6.07) is 3.84. The van der Waals surface area contributed by atoms with Crippen molar-refractivity contribution < 1.29 is 4.79 Å². The molecule has 1 aromatic heterocycles. The van der Waals surface area contributed by atoms with Gasteiger partial charge in [-0.05, 0) is 37.0 Å². The van der Waals surface area contributed by atoms with Gasteiger partial charge < -0.3 is 5.32 Å². The number of aromatic nitrogens is 1. The van der Waals surface area contributed by atoms with E-state index in [0.29, 0.717) is 6.54 Å². The number of hydrogen-bond acceptors (Lipinski definition) is 2. The standard InChI is InChI=1S/C13H16N2O/c16-13(12-4-2-1-3-5-12)15-10-11-6-8-14-9-7-11/h1-2,6-9,12H,3-5,10H2,(H,15,16)/t12-/m1/s1. The molecule has 84 valence electrons. The van der Waals surface area contributed by atoms with Crippen LogP contribution in [0.5, 0.6) is 0 Å². The van der Waals surface area contributed by atoms with E-state index in [2.05, 4.69) is 22.5 Å². The molecule has 1 aliphatic rings. The van der Waals surface area contributed by atoms with E-state index in [9.17, 15) is 4.79 Å². The van der Waals surface area contributed by atoms with Gasteiger partial charge in [0.15, 0.2) is 0 Å². The second kappa shape index (κ2) is 5.45. The predicted molar refractivity (Wildman–Crippen MR) is 62.6 cm³/mol. The van der Waals surface area contributed by atoms with Gasteiger partial charge in [0.2, 0.25) is 5.91 Å². The fourth-order valence-corrected chi connectivity index (χ4v) is 1.87. The van der Waals surface area contributed by atoms with Crippen molar-refractivity contribution in [2.75, 3.05) is 0 Å². The number of hydrogen-bond donors (Lipinski definition) is 1. The second-order valence-corrected chi connectivity index (χ2v) is 4.05. The Bertz CT molecular complexity index is 373. The fourth-order valence-electron chi connectivity index (χ4n) is 1.87. The lowest BCUT2D eigenvalue weighted by atomic mass is 9.93. The van der Waals surface area contributed by atoms with Gasteiger partial charge in [-0.1, -0.05) is 12.2 Å². The van der Waals surface area contributed by atoms with Crippen molar-refractivity contribution >= 4 is 5.91 Å². The molecule has 0 saturated heterocycles. The van der Waals surface area contributed by atoms with E-state index in [1.165, 1.54) is 0 Å². The van der Waals surface area contributed by atoms with Crippen LogP contribution in [0.4, 0.5) is 0 Å². The first-order chi connectivity index (χ1) is 7.86. The molecule has 0 radical (unpaired) electrons. The maximum Gasteiger partial charge on any atom is 0.223 e. The lowest BCUT2D eigenvalue weighted by Gasteiger charge is -2.17. The third-order valence-corrected chi connectivity index (χ3v) is 2.86. The summed E-state index contributed by atoms with van der Waals surface area (Å²) < 4.78 is 0. The molecular weight excluding hydrogens is 200 g/mol. The molecule has 0 bridgehead atoms. The quantitative estimate of drug-likeness (QED) is 0.786. The lowest BCUT2D eigenvalue weighted by molar-refractivity contribution is -0.125. The maximum absolute atomic E-state index is 11.8. The molecule has 0 aliphatic heterocycles. The van der Waals surface area contributed by atoms with Crippen LogP contribution in [0.3, 0.4) is 0 Å². The molecule has 1 aliphatic carbocycles. The highest BCUT2D eigenvalue weighted by atomic mass is 16.1. The largest absolute Gasteiger partial charge is 0.352 e. The van der Waals surface area contributed by atoms with Crippen LogP contribution in [0, 0.1) is 5.92 Å². The van der Waals surface area contributed by atoms with Gasteiger partial charge in [-0.3, -0.25) is 9.78 Å². The van der Waals surface area contributed by atoms with Crippen LogP contribution in [0.25, 0.3) is 0 Å². The van der Waals surface area contributed by atoms with Crippen molar-refractivity contribution in [1.29, 1.82) is 0 Å². The van der Waals surface area contributed by atoms with Crippen LogP contribution in [0.15, 0.2) is 36.7 Å². The molecule has 0 spiro atoms. The van der Waals surface area contributed by atoms with Crippen LogP contribution in [0.2, 0.25) is 0 Å². The summed E-state index contributed by atoms with van der Waals surface area (Å²) in [6.07, 6.45) is 10.6. The summed E-state index contributed by atoms with van der Waals surface area (Å²) >= 11 is 0. The van der Waals surface area contributed by atoms with Gasteiger partial charge in [0, 0.05) is 24.9 Å². The van der Waals surface area contributed by atoms with Gasteiger partial charge in [-0.25, -0.2) is 0 Å². The zero-order chi connectivity index (χ0) is 11.2. The Hall–Kier alpha value is -1.64. The van der Waals surface area contributed by atoms with Gasteiger partial charge in [0.1, 0.15) is 0 Å². The molecule has 1 atom stereocenters. The van der Waals surface area contributed by atoms with Crippen LogP contribution in [-0.2, 0) is 11.3 Å². The van der Waals surface area contributed by atoms with Crippen LogP contribution < -0.4 is 5.32 Å². The molecule has 1 amide bonds. The van der Waals surface area contributed by atoms with E-state index in [-0.39, 0.29) is 11.8 Å². The van der Waals surface area contributed by atoms with Gasteiger partial charge in [-0.15, -0.1) is 0 Å². The molecule has 1 aromatic rings. The Morgan fingerprint density at radius 3 is 2.88 bits per heavy atom. The smallest absolute Gasteiger partial charge is 0.223 e. The molecular formula is C13H16N2O. The van der Waals surface area contributed by atoms with Crippen LogP contribution >= 0.6 is 0 Å². The molecule has 3 nitrogen and oxygen atoms in total. The average molecular weight is 216 g/mol. The maximum atomic E-state index is 11.8. The predicted octanol–water partition coefficient (Wildman–Crippen LogP) is 2.05. The highest BCUT2D eigenvalue weighted by Gasteiger charge is 2.17. The van der Waals surface area contributed by atoms with Crippen molar-refractivity contribution in [3.05, 3.63) is 42.2 Å². The summed E-state index contributed by atoms with van der Waals surface area (Å²) in [7, 11) is 0. The zero-order valence-electron chi connectivity index (χ0n) is 9.23. The van der Waals surface area contributed by atoms with Crippen molar-refractivity contribution in [3.63, 3.8) is 0 Å². The first kappa shape index (κ1) is 10.9. The van der Waals surface area contributed by atoms with Crippen molar-refractivity contribution in [1.82, 2.24) is 10.3 Å². The third kappa shape index (κ3) is 2.92. The Balaban J connectivity index is 1.82. The number of pyridine rings is 1. The topological polar surface area (TPSA) is 42.0 Å². The number of nitrogens with one attached hydrogen (secondary N) is 1. The normalized spacial score (nSPS) is 19.4. The molecule has 0 aromatic carbocycles. The highest BCUT2D eigenvalue weighted by Crippen LogP contribution is 2.18. The third-order valence-electron chi connectivity index (χ3n) is 2.86. The number of carbonyl (C=O) groups excluding carboxylic acids is 1. The minimum absolute atomic E-state index is 0.159. The summed E-state index contributed by atoms with van der Waals surface area (Å²) in [4.78, 5) is 15.8. The zero-order valence-corrected chi connectivity index (χ0v) is 9.23. The fraction of sp³-hybridized carbons (Fsp3) is 0.385. The average Bonchev–Trinajstić information content (AvgIpc) is 2.38. The van der Waals surface area contributed by atoms with E-state index in [0.717, 1.165) is 24.8 Å². The van der Waals surface area contributed by atoms with E-state index in [1.54, 1.807) is 12.4 Å². The molecule has 0 saturated carbocycles. The molecule has 2 rings (SSSR count). The van der Waals surface area contributed by atoms with Crippen LogP contribution in [0.1, 0.15) is 24.8 Å². The van der Waals surface area contributed by atoms with E-state index in [1.807, 2.05) is 12.1 Å². The first-order valence-electron chi connectivity index (χ1n) is 5.68. The number of rotatable bonds is 3. The highest BCUT2D eigenvalue weighted by molar-refractivity contribution is 5.78. The number of allylic oxidation sites excluding steroid dienone is 2. The van der Waals surface area contributed by atoms with Gasteiger partial charge in [0.05, 0.1) is 0 Å². The molecule has 0 fully saturated rings. The monoisotopic (exact) mass is 216 g/mol. The molecule has 0 unspecified atom stereocenters. The minimum atomic E-state index is 0.159. The Kier molecular flexibility index (Phi) is 3.70. The number of nitrogens with zero attached hydrogens (tertiary/aromatic N) is 1. The van der Waals surface area contributed by atoms with Crippen LogP contribution in [-0.4, -0.2) is 10.9 Å². The minimum Gasteiger partial charge on any atom is -0.352 e. The molecule has 16 heavy (non-hydrogen) atoms. The molecule has 3 heteroatoms. The summed E-state index contributed by atoms with van der Waals surface area (Å²) in [5.74, 6) is 0.327. The van der Waals surface area contributed by atoms with Crippen molar-refractivity contribution in [2.24, 2.45) is 5.92 Å². The summed E-state index contributed by atoms with van der Waals surface area (Å²) in [6.45, 7) is 0.599. The second-order valence-electron chi connectivity index (χ2n) is 4.05. The first-order valence-corrected chi connectivity index (χ1v) is 5.68. The molecule has 1 heterocycles. The van der Waals surface area contributed by atoms with E-state index in [4.69, 9.17) is 0 Å². The van der Waals surface area contributed by atoms with Gasteiger partial charge >= 0.3 is 0 Å². The Morgan fingerprint density at radius 2 is 2.19 bits per heavy atom.